The van der Waals surface area contributed by atoms with Gasteiger partial charge < -0.3 is 15.2 Å². The van der Waals surface area contributed by atoms with Crippen LogP contribution in [0, 0.1) is 0 Å². The highest BCUT2D eigenvalue weighted by atomic mass is 35.5. The molecule has 116 valence electrons. The van der Waals surface area contributed by atoms with Crippen LogP contribution in [0.4, 0.5) is 5.69 Å². The number of hydrogen-bond acceptors (Lipinski definition) is 3. The van der Waals surface area contributed by atoms with Crippen molar-refractivity contribution in [2.24, 2.45) is 4.99 Å². The van der Waals surface area contributed by atoms with Crippen LogP contribution in [-0.2, 0) is 0 Å². The first-order valence-electron chi connectivity index (χ1n) is 6.85. The van der Waals surface area contributed by atoms with E-state index in [1.165, 1.54) is 12.1 Å². The Hall–Kier alpha value is -2.79. The number of carboxylic acids is 1. The first kappa shape index (κ1) is 15.1. The van der Waals surface area contributed by atoms with Crippen molar-refractivity contribution >= 4 is 39.9 Å². The number of nitrogens with zero attached hydrogens (tertiary/aromatic N) is 1. The van der Waals surface area contributed by atoms with E-state index in [0.717, 1.165) is 0 Å². The molecule has 0 bridgehead atoms. The average Bonchev–Trinajstić information content (AvgIpc) is 2.84. The van der Waals surface area contributed by atoms with Crippen molar-refractivity contribution in [3.63, 3.8) is 0 Å². The minimum atomic E-state index is -1.02. The number of carboxylic acid groups (broad SMARTS) is 1. The van der Waals surface area contributed by atoms with Crippen LogP contribution in [0.15, 0.2) is 47.5 Å². The van der Waals surface area contributed by atoms with E-state index in [0.29, 0.717) is 32.9 Å². The number of hydrogen-bond donors (Lipinski definition) is 3. The molecule has 0 unspecified atom stereocenters. The van der Waals surface area contributed by atoms with Gasteiger partial charge in [0.25, 0.3) is 0 Å². The number of aromatic hydroxyl groups is 1. The van der Waals surface area contributed by atoms with Crippen LogP contribution in [0.5, 0.6) is 5.88 Å². The smallest absolute Gasteiger partial charge is 0.335 e. The lowest BCUT2D eigenvalue weighted by atomic mass is 10.1. The van der Waals surface area contributed by atoms with Crippen molar-refractivity contribution in [2.75, 3.05) is 0 Å². The molecule has 5 nitrogen and oxygen atoms in total. The summed E-state index contributed by atoms with van der Waals surface area (Å²) in [6.45, 7) is 1.75. The number of aliphatic imine (C=N–C) groups is 1. The number of fused-ring (bicyclic) bond motifs is 1. The van der Waals surface area contributed by atoms with Crippen LogP contribution in [0.25, 0.3) is 10.9 Å². The van der Waals surface area contributed by atoms with Crippen molar-refractivity contribution in [1.29, 1.82) is 0 Å². The van der Waals surface area contributed by atoms with E-state index in [4.69, 9.17) is 16.7 Å². The molecular formula is C17H13ClN2O3. The Morgan fingerprint density at radius 1 is 1.17 bits per heavy atom. The second kappa shape index (κ2) is 5.78. The summed E-state index contributed by atoms with van der Waals surface area (Å²) < 4.78 is 0. The summed E-state index contributed by atoms with van der Waals surface area (Å²) >= 11 is 5.85. The minimum absolute atomic E-state index is 0.0437. The number of aromatic nitrogens is 1. The fourth-order valence-electron chi connectivity index (χ4n) is 2.44. The van der Waals surface area contributed by atoms with Gasteiger partial charge in [0.05, 0.1) is 22.5 Å². The van der Waals surface area contributed by atoms with Crippen molar-refractivity contribution in [1.82, 2.24) is 4.98 Å². The predicted octanol–water partition coefficient (Wildman–Crippen LogP) is 4.37. The standard InChI is InChI=1S/C17H13ClN2O3/c1-9(19-12-5-3-11(18)4-6-12)15-13-8-10(17(22)23)2-7-14(13)20-16(15)21/h2-8,20-21H,1H3,(H,22,23). The Labute approximate surface area is 136 Å². The number of carbonyl (C=O) groups is 1. The molecule has 0 aliphatic rings. The van der Waals surface area contributed by atoms with Gasteiger partial charge in [-0.25, -0.2) is 4.79 Å². The molecule has 0 amide bonds. The summed E-state index contributed by atoms with van der Waals surface area (Å²) in [6.07, 6.45) is 0. The molecule has 1 aromatic heterocycles. The van der Waals surface area contributed by atoms with Crippen LogP contribution < -0.4 is 0 Å². The maximum absolute atomic E-state index is 11.1. The predicted molar refractivity (Wildman–Crippen MR) is 90.2 cm³/mol. The quantitative estimate of drug-likeness (QED) is 0.624. The third-order valence-electron chi connectivity index (χ3n) is 3.51. The number of nitrogens with one attached hydrogen (secondary N) is 1. The molecule has 0 saturated heterocycles. The zero-order valence-corrected chi connectivity index (χ0v) is 12.9. The van der Waals surface area contributed by atoms with Crippen LogP contribution in [0.2, 0.25) is 5.02 Å². The molecule has 0 aliphatic carbocycles. The van der Waals surface area contributed by atoms with E-state index < -0.39 is 5.97 Å². The molecule has 23 heavy (non-hydrogen) atoms. The second-order valence-electron chi connectivity index (χ2n) is 5.09. The highest BCUT2D eigenvalue weighted by molar-refractivity contribution is 6.30. The molecule has 0 radical (unpaired) electrons. The molecule has 6 heteroatoms. The van der Waals surface area contributed by atoms with E-state index in [-0.39, 0.29) is 11.4 Å². The monoisotopic (exact) mass is 328 g/mol. The molecule has 0 spiro atoms. The fourth-order valence-corrected chi connectivity index (χ4v) is 2.57. The van der Waals surface area contributed by atoms with Gasteiger partial charge in [0, 0.05) is 15.9 Å². The topological polar surface area (TPSA) is 85.7 Å². The van der Waals surface area contributed by atoms with Gasteiger partial charge in [0.15, 0.2) is 5.88 Å². The Bertz CT molecular complexity index is 927. The summed E-state index contributed by atoms with van der Waals surface area (Å²) in [7, 11) is 0. The number of halogens is 1. The Morgan fingerprint density at radius 3 is 2.52 bits per heavy atom. The molecule has 2 aromatic carbocycles. The van der Waals surface area contributed by atoms with Crippen LogP contribution >= 0.6 is 11.6 Å². The first-order chi connectivity index (χ1) is 11.0. The number of H-pyrrole nitrogens is 1. The zero-order chi connectivity index (χ0) is 16.6. The number of benzene rings is 2. The zero-order valence-electron chi connectivity index (χ0n) is 12.2. The highest BCUT2D eigenvalue weighted by Crippen LogP contribution is 2.30. The first-order valence-corrected chi connectivity index (χ1v) is 7.22. The summed E-state index contributed by atoms with van der Waals surface area (Å²) in [5, 5.41) is 20.5. The molecule has 3 rings (SSSR count). The molecule has 0 aliphatic heterocycles. The van der Waals surface area contributed by atoms with Crippen LogP contribution in [0.1, 0.15) is 22.8 Å². The van der Waals surface area contributed by atoms with Gasteiger partial charge >= 0.3 is 5.97 Å². The van der Waals surface area contributed by atoms with E-state index in [1.54, 1.807) is 37.3 Å². The van der Waals surface area contributed by atoms with E-state index in [1.807, 2.05) is 0 Å². The van der Waals surface area contributed by atoms with E-state index in [2.05, 4.69) is 9.98 Å². The third kappa shape index (κ3) is 2.91. The van der Waals surface area contributed by atoms with Crippen molar-refractivity contribution < 1.29 is 15.0 Å². The van der Waals surface area contributed by atoms with E-state index in [9.17, 15) is 9.90 Å². The number of rotatable bonds is 3. The Balaban J connectivity index is 2.14. The lowest BCUT2D eigenvalue weighted by molar-refractivity contribution is 0.0697. The molecule has 0 fully saturated rings. The Kier molecular flexibility index (Phi) is 3.80. The van der Waals surface area contributed by atoms with Gasteiger partial charge in [0.1, 0.15) is 0 Å². The molecule has 1 heterocycles. The summed E-state index contributed by atoms with van der Waals surface area (Å²) in [4.78, 5) is 18.4. The van der Waals surface area contributed by atoms with Gasteiger partial charge in [-0.15, -0.1) is 0 Å². The van der Waals surface area contributed by atoms with Crippen LogP contribution in [0.3, 0.4) is 0 Å². The maximum atomic E-state index is 11.1. The normalized spacial score (nSPS) is 11.8. The van der Waals surface area contributed by atoms with Crippen molar-refractivity contribution in [3.8, 4) is 5.88 Å². The molecule has 0 atom stereocenters. The molecule has 3 N–H and O–H groups in total. The molecular weight excluding hydrogens is 316 g/mol. The number of aromatic amines is 1. The molecule has 3 aromatic rings. The van der Waals surface area contributed by atoms with Gasteiger partial charge in [0.2, 0.25) is 0 Å². The molecule has 0 saturated carbocycles. The highest BCUT2D eigenvalue weighted by Gasteiger charge is 2.15. The van der Waals surface area contributed by atoms with Crippen molar-refractivity contribution in [2.45, 2.75) is 6.92 Å². The summed E-state index contributed by atoms with van der Waals surface area (Å²) in [6, 6.07) is 11.6. The third-order valence-corrected chi connectivity index (χ3v) is 3.76. The van der Waals surface area contributed by atoms with Crippen molar-refractivity contribution in [3.05, 3.63) is 58.6 Å². The maximum Gasteiger partial charge on any atom is 0.335 e. The average molecular weight is 329 g/mol. The van der Waals surface area contributed by atoms with Gasteiger partial charge in [-0.2, -0.15) is 0 Å². The second-order valence-corrected chi connectivity index (χ2v) is 5.52. The van der Waals surface area contributed by atoms with E-state index >= 15 is 0 Å². The summed E-state index contributed by atoms with van der Waals surface area (Å²) in [5.41, 5.74) is 2.54. The lowest BCUT2D eigenvalue weighted by Gasteiger charge is -2.02. The van der Waals surface area contributed by atoms with Gasteiger partial charge in [-0.05, 0) is 49.4 Å². The Morgan fingerprint density at radius 2 is 1.87 bits per heavy atom. The van der Waals surface area contributed by atoms with Gasteiger partial charge in [-0.1, -0.05) is 11.6 Å². The fraction of sp³-hybridized carbons (Fsp3) is 0.0588. The largest absolute Gasteiger partial charge is 0.494 e. The van der Waals surface area contributed by atoms with Gasteiger partial charge in [-0.3, -0.25) is 4.99 Å². The minimum Gasteiger partial charge on any atom is -0.494 e. The van der Waals surface area contributed by atoms with Crippen LogP contribution in [-0.4, -0.2) is 26.9 Å². The SMILES string of the molecule is CC(=Nc1ccc(Cl)cc1)c1c(O)[nH]c2ccc(C(=O)O)cc12. The lowest BCUT2D eigenvalue weighted by Crippen LogP contribution is -1.97. The summed E-state index contributed by atoms with van der Waals surface area (Å²) in [5.74, 6) is -1.07. The number of aromatic carboxylic acids is 1.